The van der Waals surface area contributed by atoms with Gasteiger partial charge in [0.1, 0.15) is 19.7 Å². The third-order valence-electron chi connectivity index (χ3n) is 2.79. The van der Waals surface area contributed by atoms with Gasteiger partial charge in [0, 0.05) is 28.8 Å². The zero-order valence-electron chi connectivity index (χ0n) is 12.3. The van der Waals surface area contributed by atoms with E-state index in [0.717, 1.165) is 28.2 Å². The number of thioether (sulfide) groups is 1. The van der Waals surface area contributed by atoms with Crippen molar-refractivity contribution in [2.45, 2.75) is 25.3 Å². The van der Waals surface area contributed by atoms with E-state index in [2.05, 4.69) is 28.3 Å². The topological polar surface area (TPSA) is 72.0 Å². The Morgan fingerprint density at radius 2 is 2.10 bits per heavy atom. The number of aryl methyl sites for hydroxylation is 1. The Labute approximate surface area is 133 Å². The second-order valence-electron chi connectivity index (χ2n) is 4.65. The molecule has 0 aliphatic rings. The van der Waals surface area contributed by atoms with Crippen LogP contribution in [0.2, 0.25) is 0 Å². The van der Waals surface area contributed by atoms with Crippen LogP contribution in [0, 0.1) is 0 Å². The van der Waals surface area contributed by atoms with E-state index in [0.29, 0.717) is 11.7 Å². The van der Waals surface area contributed by atoms with E-state index in [9.17, 15) is 8.42 Å². The van der Waals surface area contributed by atoms with Crippen LogP contribution in [0.25, 0.3) is 10.2 Å². The highest BCUT2D eigenvalue weighted by Crippen LogP contribution is 2.32. The van der Waals surface area contributed by atoms with Gasteiger partial charge in [-0.3, -0.25) is 0 Å². The van der Waals surface area contributed by atoms with Crippen molar-refractivity contribution in [3.63, 3.8) is 0 Å². The van der Waals surface area contributed by atoms with Crippen LogP contribution >= 0.6 is 23.1 Å². The molecule has 2 heterocycles. The van der Waals surface area contributed by atoms with Gasteiger partial charge in [0.05, 0.1) is 5.75 Å². The van der Waals surface area contributed by atoms with E-state index in [4.69, 9.17) is 0 Å². The maximum atomic E-state index is 11.2. The van der Waals surface area contributed by atoms with E-state index in [1.165, 1.54) is 22.9 Å². The standard InChI is InChI=1S/C13H19N3O2S3/c1-4-9-8-10-11(19-6-7-21(3,17)18)15-13(14-5-2)16-12(10)20-9/h8H,4-7H2,1-3H3,(H,14,15,16). The molecule has 116 valence electrons. The van der Waals surface area contributed by atoms with Crippen molar-refractivity contribution in [1.29, 1.82) is 0 Å². The van der Waals surface area contributed by atoms with E-state index in [1.807, 2.05) is 6.92 Å². The van der Waals surface area contributed by atoms with Gasteiger partial charge in [0.15, 0.2) is 0 Å². The minimum atomic E-state index is -2.94. The smallest absolute Gasteiger partial charge is 0.225 e. The Morgan fingerprint density at radius 1 is 1.33 bits per heavy atom. The van der Waals surface area contributed by atoms with Gasteiger partial charge < -0.3 is 5.32 Å². The molecular formula is C13H19N3O2S3. The van der Waals surface area contributed by atoms with Gasteiger partial charge in [-0.25, -0.2) is 18.4 Å². The Kier molecular flexibility index (Phi) is 5.45. The molecule has 1 N–H and O–H groups in total. The molecule has 0 atom stereocenters. The molecule has 2 aromatic rings. The van der Waals surface area contributed by atoms with Crippen molar-refractivity contribution in [1.82, 2.24) is 9.97 Å². The minimum Gasteiger partial charge on any atom is -0.354 e. The number of rotatable bonds is 7. The van der Waals surface area contributed by atoms with Gasteiger partial charge >= 0.3 is 0 Å². The fourth-order valence-corrected chi connectivity index (χ4v) is 4.99. The first-order valence-electron chi connectivity index (χ1n) is 6.77. The minimum absolute atomic E-state index is 0.157. The van der Waals surface area contributed by atoms with Gasteiger partial charge in [-0.15, -0.1) is 23.1 Å². The van der Waals surface area contributed by atoms with Crippen LogP contribution in [0.4, 0.5) is 5.95 Å². The molecule has 0 bridgehead atoms. The van der Waals surface area contributed by atoms with Gasteiger partial charge in [0.2, 0.25) is 5.95 Å². The van der Waals surface area contributed by atoms with Gasteiger partial charge in [-0.2, -0.15) is 0 Å². The Hall–Kier alpha value is -0.860. The van der Waals surface area contributed by atoms with Gasteiger partial charge in [-0.1, -0.05) is 6.92 Å². The van der Waals surface area contributed by atoms with Crippen LogP contribution in [0.15, 0.2) is 11.1 Å². The quantitative estimate of drug-likeness (QED) is 0.614. The molecule has 0 aliphatic carbocycles. The lowest BCUT2D eigenvalue weighted by atomic mass is 10.3. The summed E-state index contributed by atoms with van der Waals surface area (Å²) in [6, 6.07) is 2.11. The highest BCUT2D eigenvalue weighted by molar-refractivity contribution is 8.00. The van der Waals surface area contributed by atoms with Crippen LogP contribution in [-0.2, 0) is 16.3 Å². The normalized spacial score (nSPS) is 12.0. The zero-order chi connectivity index (χ0) is 15.5. The Bertz CT molecular complexity index is 726. The maximum Gasteiger partial charge on any atom is 0.225 e. The zero-order valence-corrected chi connectivity index (χ0v) is 14.8. The number of fused-ring (bicyclic) bond motifs is 1. The lowest BCUT2D eigenvalue weighted by Gasteiger charge is -2.06. The van der Waals surface area contributed by atoms with Crippen molar-refractivity contribution < 1.29 is 8.42 Å². The van der Waals surface area contributed by atoms with E-state index in [1.54, 1.807) is 11.3 Å². The molecule has 0 spiro atoms. The molecule has 0 fully saturated rings. The number of anilines is 1. The van der Waals surface area contributed by atoms with E-state index in [-0.39, 0.29) is 5.75 Å². The summed E-state index contributed by atoms with van der Waals surface area (Å²) in [4.78, 5) is 11.2. The molecule has 21 heavy (non-hydrogen) atoms. The summed E-state index contributed by atoms with van der Waals surface area (Å²) in [7, 11) is -2.94. The molecule has 2 aromatic heterocycles. The second kappa shape index (κ2) is 6.93. The fourth-order valence-electron chi connectivity index (χ4n) is 1.76. The number of nitrogens with one attached hydrogen (secondary N) is 1. The molecule has 5 nitrogen and oxygen atoms in total. The summed E-state index contributed by atoms with van der Waals surface area (Å²) < 4.78 is 22.5. The SMILES string of the molecule is CCNc1nc(SCCS(C)(=O)=O)c2cc(CC)sc2n1. The predicted octanol–water partition coefficient (Wildman–Crippen LogP) is 2.82. The van der Waals surface area contributed by atoms with Crippen molar-refractivity contribution in [2.24, 2.45) is 0 Å². The summed E-state index contributed by atoms with van der Waals surface area (Å²) in [6.45, 7) is 4.86. The van der Waals surface area contributed by atoms with Crippen LogP contribution in [0.3, 0.4) is 0 Å². The lowest BCUT2D eigenvalue weighted by molar-refractivity contribution is 0.603. The number of nitrogens with zero attached hydrogens (tertiary/aromatic N) is 2. The number of sulfone groups is 1. The van der Waals surface area contributed by atoms with Crippen molar-refractivity contribution in [3.8, 4) is 0 Å². The molecule has 2 rings (SSSR count). The predicted molar refractivity (Wildman–Crippen MR) is 91.4 cm³/mol. The first-order chi connectivity index (χ1) is 9.93. The summed E-state index contributed by atoms with van der Waals surface area (Å²) in [6.07, 6.45) is 2.22. The molecule has 0 saturated carbocycles. The second-order valence-corrected chi connectivity index (χ2v) is 9.10. The number of aromatic nitrogens is 2. The summed E-state index contributed by atoms with van der Waals surface area (Å²) >= 11 is 3.14. The average molecular weight is 346 g/mol. The largest absolute Gasteiger partial charge is 0.354 e. The molecule has 0 saturated heterocycles. The highest BCUT2D eigenvalue weighted by atomic mass is 32.2. The van der Waals surface area contributed by atoms with E-state index >= 15 is 0 Å². The maximum absolute atomic E-state index is 11.2. The third-order valence-corrected chi connectivity index (χ3v) is 6.16. The lowest BCUT2D eigenvalue weighted by Crippen LogP contribution is -2.06. The summed E-state index contributed by atoms with van der Waals surface area (Å²) in [5.41, 5.74) is 0. The first-order valence-corrected chi connectivity index (χ1v) is 10.6. The molecule has 8 heteroatoms. The molecule has 0 amide bonds. The fraction of sp³-hybridized carbons (Fsp3) is 0.538. The monoisotopic (exact) mass is 345 g/mol. The molecule has 0 unspecified atom stereocenters. The number of hydrogen-bond donors (Lipinski definition) is 1. The van der Waals surface area contributed by atoms with Crippen LogP contribution in [0.5, 0.6) is 0 Å². The van der Waals surface area contributed by atoms with Gasteiger partial charge in [0.25, 0.3) is 0 Å². The molecule has 0 radical (unpaired) electrons. The van der Waals surface area contributed by atoms with Crippen LogP contribution in [-0.4, -0.2) is 42.7 Å². The summed E-state index contributed by atoms with van der Waals surface area (Å²) in [5, 5.41) is 5.01. The van der Waals surface area contributed by atoms with Crippen LogP contribution in [0.1, 0.15) is 18.7 Å². The number of thiophene rings is 1. The Balaban J connectivity index is 2.31. The Morgan fingerprint density at radius 3 is 2.71 bits per heavy atom. The van der Waals surface area contributed by atoms with E-state index < -0.39 is 9.84 Å². The molecule has 0 aromatic carbocycles. The molecule has 0 aliphatic heterocycles. The van der Waals surface area contributed by atoms with Crippen molar-refractivity contribution in [3.05, 3.63) is 10.9 Å². The third kappa shape index (κ3) is 4.55. The first kappa shape index (κ1) is 16.5. The van der Waals surface area contributed by atoms with Crippen molar-refractivity contribution in [2.75, 3.05) is 29.6 Å². The summed E-state index contributed by atoms with van der Waals surface area (Å²) in [5.74, 6) is 1.27. The molecular weight excluding hydrogens is 326 g/mol. The van der Waals surface area contributed by atoms with Crippen molar-refractivity contribution >= 4 is 49.1 Å². The average Bonchev–Trinajstić information content (AvgIpc) is 2.81. The van der Waals surface area contributed by atoms with Gasteiger partial charge in [-0.05, 0) is 19.4 Å². The highest BCUT2D eigenvalue weighted by Gasteiger charge is 2.12. The van der Waals surface area contributed by atoms with Crippen LogP contribution < -0.4 is 5.32 Å². The number of hydrogen-bond acceptors (Lipinski definition) is 7.